The maximum atomic E-state index is 12.1. The Kier molecular flexibility index (Phi) is 4.12. The molecule has 0 unspecified atom stereocenters. The van der Waals surface area contributed by atoms with Gasteiger partial charge in [-0.2, -0.15) is 5.26 Å². The van der Waals surface area contributed by atoms with Crippen LogP contribution in [0, 0.1) is 11.3 Å². The van der Waals surface area contributed by atoms with Crippen molar-refractivity contribution in [2.24, 2.45) is 0 Å². The topological polar surface area (TPSA) is 123 Å². The first kappa shape index (κ1) is 16.5. The van der Waals surface area contributed by atoms with Gasteiger partial charge in [0, 0.05) is 18.8 Å². The van der Waals surface area contributed by atoms with E-state index in [0.29, 0.717) is 16.3 Å². The lowest BCUT2D eigenvalue weighted by Gasteiger charge is -2.08. The monoisotopic (exact) mass is 355 g/mol. The highest BCUT2D eigenvalue weighted by Gasteiger charge is 2.22. The normalized spacial score (nSPS) is 10.4. The molecule has 0 aliphatic rings. The molecule has 3 rings (SSSR count). The number of rotatable bonds is 3. The van der Waals surface area contributed by atoms with Gasteiger partial charge in [-0.3, -0.25) is 4.79 Å². The number of benzene rings is 1. The number of carbonyl (C=O) groups excluding carboxylic acids is 2. The third-order valence-electron chi connectivity index (χ3n) is 3.48. The maximum absolute atomic E-state index is 12.1. The molecule has 2 aromatic heterocycles. The number of carbonyl (C=O) groups is 2. The Balaban J connectivity index is 2.14. The van der Waals surface area contributed by atoms with Gasteiger partial charge in [0.2, 0.25) is 5.91 Å². The van der Waals surface area contributed by atoms with Crippen LogP contribution in [-0.4, -0.2) is 28.5 Å². The van der Waals surface area contributed by atoms with Gasteiger partial charge in [-0.15, -0.1) is 0 Å². The summed E-state index contributed by atoms with van der Waals surface area (Å²) in [5.41, 5.74) is 7.46. The first-order chi connectivity index (χ1) is 11.9. The number of esters is 1. The second kappa shape index (κ2) is 6.26. The summed E-state index contributed by atoms with van der Waals surface area (Å²) in [6.45, 7) is 1.41. The lowest BCUT2D eigenvalue weighted by Crippen LogP contribution is -2.11. The fourth-order valence-corrected chi connectivity index (χ4v) is 3.28. The smallest absolute Gasteiger partial charge is 0.357 e. The number of nitrogens with zero attached hydrogens (tertiary/aromatic N) is 3. The number of hydrogen-bond donors (Lipinski definition) is 2. The summed E-state index contributed by atoms with van der Waals surface area (Å²) in [4.78, 5) is 27.6. The number of thiazole rings is 1. The van der Waals surface area contributed by atoms with E-state index in [1.807, 2.05) is 12.1 Å². The van der Waals surface area contributed by atoms with Crippen LogP contribution in [0.2, 0.25) is 0 Å². The molecule has 0 radical (unpaired) electrons. The lowest BCUT2D eigenvalue weighted by atomic mass is 10.2. The number of aromatic nitrogens is 2. The van der Waals surface area contributed by atoms with Crippen molar-refractivity contribution in [1.82, 2.24) is 9.55 Å². The van der Waals surface area contributed by atoms with Crippen LogP contribution >= 0.6 is 11.3 Å². The van der Waals surface area contributed by atoms with Crippen LogP contribution in [0.1, 0.15) is 23.0 Å². The Bertz CT molecular complexity index is 1040. The first-order valence-electron chi connectivity index (χ1n) is 7.12. The van der Waals surface area contributed by atoms with Crippen molar-refractivity contribution >= 4 is 44.2 Å². The van der Waals surface area contributed by atoms with Crippen LogP contribution < -0.4 is 11.1 Å². The molecule has 9 heteroatoms. The van der Waals surface area contributed by atoms with Crippen molar-refractivity contribution in [2.75, 3.05) is 18.2 Å². The number of amides is 1. The number of fused-ring (bicyclic) bond motifs is 1. The minimum atomic E-state index is -0.642. The maximum Gasteiger partial charge on any atom is 0.357 e. The largest absolute Gasteiger partial charge is 0.464 e. The van der Waals surface area contributed by atoms with Gasteiger partial charge in [-0.25, -0.2) is 9.78 Å². The zero-order chi connectivity index (χ0) is 18.1. The van der Waals surface area contributed by atoms with E-state index in [1.165, 1.54) is 36.1 Å². The number of nitrogens with one attached hydrogen (secondary N) is 1. The summed E-state index contributed by atoms with van der Waals surface area (Å²) in [6, 6.07) is 7.28. The molecule has 0 atom stereocenters. The Morgan fingerprint density at radius 2 is 2.20 bits per heavy atom. The number of anilines is 2. The van der Waals surface area contributed by atoms with E-state index in [0.717, 1.165) is 4.70 Å². The summed E-state index contributed by atoms with van der Waals surface area (Å²) < 4.78 is 7.13. The highest BCUT2D eigenvalue weighted by Crippen LogP contribution is 2.30. The summed E-state index contributed by atoms with van der Waals surface area (Å²) in [6.07, 6.45) is 1.48. The van der Waals surface area contributed by atoms with Crippen LogP contribution in [0.15, 0.2) is 24.4 Å². The van der Waals surface area contributed by atoms with E-state index < -0.39 is 5.97 Å². The zero-order valence-corrected chi connectivity index (χ0v) is 14.2. The molecule has 2 heterocycles. The molecule has 3 aromatic rings. The first-order valence-corrected chi connectivity index (χ1v) is 7.94. The Hall–Kier alpha value is -3.38. The van der Waals surface area contributed by atoms with Crippen molar-refractivity contribution in [3.8, 4) is 11.8 Å². The summed E-state index contributed by atoms with van der Waals surface area (Å²) in [5, 5.41) is 12.3. The van der Waals surface area contributed by atoms with Gasteiger partial charge in [-0.05, 0) is 18.2 Å². The van der Waals surface area contributed by atoms with E-state index in [-0.39, 0.29) is 22.9 Å². The minimum Gasteiger partial charge on any atom is -0.464 e. The number of nitrogen functional groups attached to an aromatic ring is 1. The van der Waals surface area contributed by atoms with Gasteiger partial charge in [0.15, 0.2) is 10.8 Å². The number of hydrogen-bond acceptors (Lipinski definition) is 7. The molecular weight excluding hydrogens is 342 g/mol. The van der Waals surface area contributed by atoms with Gasteiger partial charge in [0.1, 0.15) is 6.07 Å². The van der Waals surface area contributed by atoms with Crippen LogP contribution in [0.5, 0.6) is 0 Å². The third kappa shape index (κ3) is 2.90. The molecule has 0 aliphatic heterocycles. The molecule has 0 bridgehead atoms. The molecule has 0 fully saturated rings. The SMILES string of the molecule is COC(=O)c1c(N)c(C#N)cn1-c1ccc2sc(NC(C)=O)nc2c1. The predicted octanol–water partition coefficient (Wildman–Crippen LogP) is 2.29. The quantitative estimate of drug-likeness (QED) is 0.695. The lowest BCUT2D eigenvalue weighted by molar-refractivity contribution is -0.114. The van der Waals surface area contributed by atoms with Crippen molar-refractivity contribution < 1.29 is 14.3 Å². The highest BCUT2D eigenvalue weighted by atomic mass is 32.1. The zero-order valence-electron chi connectivity index (χ0n) is 13.4. The standard InChI is InChI=1S/C16H13N5O3S/c1-8(22)19-16-20-11-5-10(3-4-12(11)25-16)21-7-9(6-17)13(18)14(21)15(23)24-2/h3-5,7H,18H2,1-2H3,(H,19,20,22). The molecule has 3 N–H and O–H groups in total. The van der Waals surface area contributed by atoms with Gasteiger partial charge in [0.05, 0.1) is 28.6 Å². The van der Waals surface area contributed by atoms with E-state index in [2.05, 4.69) is 10.3 Å². The molecule has 8 nitrogen and oxygen atoms in total. The fraction of sp³-hybridized carbons (Fsp3) is 0.125. The molecule has 25 heavy (non-hydrogen) atoms. The van der Waals surface area contributed by atoms with Gasteiger partial charge < -0.3 is 20.4 Å². The van der Waals surface area contributed by atoms with Crippen molar-refractivity contribution in [2.45, 2.75) is 6.92 Å². The summed E-state index contributed by atoms with van der Waals surface area (Å²) >= 11 is 1.34. The van der Waals surface area contributed by atoms with E-state index in [1.54, 1.807) is 12.1 Å². The van der Waals surface area contributed by atoms with Gasteiger partial charge in [-0.1, -0.05) is 11.3 Å². The average molecular weight is 355 g/mol. The molecule has 0 aliphatic carbocycles. The third-order valence-corrected chi connectivity index (χ3v) is 4.43. The Morgan fingerprint density at radius 3 is 2.84 bits per heavy atom. The number of nitriles is 1. The molecule has 0 saturated carbocycles. The van der Waals surface area contributed by atoms with Crippen molar-refractivity contribution in [3.63, 3.8) is 0 Å². The van der Waals surface area contributed by atoms with E-state index >= 15 is 0 Å². The van der Waals surface area contributed by atoms with Gasteiger partial charge in [0.25, 0.3) is 0 Å². The number of ether oxygens (including phenoxy) is 1. The van der Waals surface area contributed by atoms with Crippen LogP contribution in [0.25, 0.3) is 15.9 Å². The van der Waals surface area contributed by atoms with E-state index in [4.69, 9.17) is 10.5 Å². The average Bonchev–Trinajstić information content (AvgIpc) is 3.12. The van der Waals surface area contributed by atoms with E-state index in [9.17, 15) is 14.9 Å². The van der Waals surface area contributed by atoms with Crippen LogP contribution in [0.3, 0.4) is 0 Å². The number of nitrogens with two attached hydrogens (primary N) is 1. The Morgan fingerprint density at radius 1 is 1.44 bits per heavy atom. The predicted molar refractivity (Wildman–Crippen MR) is 93.7 cm³/mol. The summed E-state index contributed by atoms with van der Waals surface area (Å²) in [5.74, 6) is -0.847. The molecule has 1 aromatic carbocycles. The molecule has 1 amide bonds. The molecule has 126 valence electrons. The number of methoxy groups -OCH3 is 1. The molecular formula is C16H13N5O3S. The highest BCUT2D eigenvalue weighted by molar-refractivity contribution is 7.22. The van der Waals surface area contributed by atoms with Crippen molar-refractivity contribution in [1.29, 1.82) is 5.26 Å². The van der Waals surface area contributed by atoms with Gasteiger partial charge >= 0.3 is 5.97 Å². The van der Waals surface area contributed by atoms with Crippen LogP contribution in [-0.2, 0) is 9.53 Å². The fourth-order valence-electron chi connectivity index (χ4n) is 2.39. The second-order valence-electron chi connectivity index (χ2n) is 5.13. The van der Waals surface area contributed by atoms with Crippen molar-refractivity contribution in [3.05, 3.63) is 35.7 Å². The molecule has 0 spiro atoms. The Labute approximate surface area is 146 Å². The summed E-state index contributed by atoms with van der Waals surface area (Å²) in [7, 11) is 1.24. The second-order valence-corrected chi connectivity index (χ2v) is 6.16. The van der Waals surface area contributed by atoms with Crippen LogP contribution in [0.4, 0.5) is 10.8 Å². The minimum absolute atomic E-state index is 0.0617. The molecule has 0 saturated heterocycles.